The third-order valence-corrected chi connectivity index (χ3v) is 12.1. The summed E-state index contributed by atoms with van der Waals surface area (Å²) in [5.74, 6) is -0.641. The molecule has 4 aliphatic carbocycles. The number of carbonyl (C=O) groups is 3. The number of carboxylic acids is 1. The number of fused-ring (bicyclic) bond motifs is 4. The smallest absolute Gasteiger partial charge is 0.330 e. The highest BCUT2D eigenvalue weighted by Gasteiger charge is 2.65. The SMILES string of the molecule is CC(=O)O[C@@H](C/C=C(\C)C(=O)O)[C@@H](C)[C@H]1CC[C@@]2(C)C3=C(CC[C@]12C)[C@@]1(C)CC[C@@H](O)C(C)(C)[C@@H]1CC3=O. The van der Waals surface area contributed by atoms with Gasteiger partial charge in [-0.05, 0) is 79.4 Å². The molecule has 6 heteroatoms. The lowest BCUT2D eigenvalue weighted by Crippen LogP contribution is -2.57. The van der Waals surface area contributed by atoms with Gasteiger partial charge in [0.2, 0.25) is 0 Å². The molecule has 2 saturated carbocycles. The molecule has 0 heterocycles. The Labute approximate surface area is 228 Å². The third-order valence-electron chi connectivity index (χ3n) is 12.1. The molecule has 0 spiro atoms. The predicted octanol–water partition coefficient (Wildman–Crippen LogP) is 6.26. The minimum absolute atomic E-state index is 0.0245. The Kier molecular flexibility index (Phi) is 7.34. The number of carbonyl (C=O) groups excluding carboxylic acids is 2. The summed E-state index contributed by atoms with van der Waals surface area (Å²) in [5.41, 5.74) is 1.92. The molecule has 38 heavy (non-hydrogen) atoms. The van der Waals surface area contributed by atoms with Gasteiger partial charge in [0.1, 0.15) is 6.10 Å². The molecule has 0 aromatic heterocycles. The van der Waals surface area contributed by atoms with Crippen molar-refractivity contribution in [1.29, 1.82) is 0 Å². The number of aliphatic carboxylic acids is 1. The molecule has 2 N–H and O–H groups in total. The van der Waals surface area contributed by atoms with E-state index in [1.54, 1.807) is 13.0 Å². The first-order valence-electron chi connectivity index (χ1n) is 14.5. The van der Waals surface area contributed by atoms with Crippen LogP contribution in [0.2, 0.25) is 0 Å². The summed E-state index contributed by atoms with van der Waals surface area (Å²) < 4.78 is 5.78. The van der Waals surface area contributed by atoms with E-state index in [1.165, 1.54) is 12.5 Å². The first-order chi connectivity index (χ1) is 17.5. The van der Waals surface area contributed by atoms with E-state index >= 15 is 0 Å². The summed E-state index contributed by atoms with van der Waals surface area (Å²) in [6.45, 7) is 16.4. The quantitative estimate of drug-likeness (QED) is 0.311. The van der Waals surface area contributed by atoms with Crippen molar-refractivity contribution in [3.8, 4) is 0 Å². The van der Waals surface area contributed by atoms with Crippen molar-refractivity contribution in [3.05, 3.63) is 22.8 Å². The second-order valence-electron chi connectivity index (χ2n) is 14.2. The number of carboxylic acid groups (broad SMARTS) is 1. The van der Waals surface area contributed by atoms with E-state index in [0.717, 1.165) is 44.1 Å². The van der Waals surface area contributed by atoms with Gasteiger partial charge in [0.15, 0.2) is 5.78 Å². The van der Waals surface area contributed by atoms with Crippen LogP contribution in [0.4, 0.5) is 0 Å². The van der Waals surface area contributed by atoms with Crippen LogP contribution >= 0.6 is 0 Å². The highest BCUT2D eigenvalue weighted by atomic mass is 16.5. The average Bonchev–Trinajstić information content (AvgIpc) is 3.11. The number of ketones is 1. The number of allylic oxidation sites excluding steroid dienone is 2. The van der Waals surface area contributed by atoms with Gasteiger partial charge in [0, 0.05) is 36.3 Å². The average molecular weight is 529 g/mol. The van der Waals surface area contributed by atoms with E-state index in [0.29, 0.717) is 12.8 Å². The van der Waals surface area contributed by atoms with Crippen LogP contribution in [-0.4, -0.2) is 40.1 Å². The van der Waals surface area contributed by atoms with Crippen molar-refractivity contribution in [3.63, 3.8) is 0 Å². The van der Waals surface area contributed by atoms with Gasteiger partial charge in [-0.3, -0.25) is 9.59 Å². The molecule has 8 atom stereocenters. The summed E-state index contributed by atoms with van der Waals surface area (Å²) in [7, 11) is 0. The molecule has 0 aromatic carbocycles. The maximum atomic E-state index is 14.0. The van der Waals surface area contributed by atoms with E-state index in [2.05, 4.69) is 41.5 Å². The second-order valence-corrected chi connectivity index (χ2v) is 14.2. The number of rotatable bonds is 6. The summed E-state index contributed by atoms with van der Waals surface area (Å²) in [5, 5.41) is 20.1. The molecule has 212 valence electrons. The van der Waals surface area contributed by atoms with Gasteiger partial charge in [-0.1, -0.05) is 53.2 Å². The van der Waals surface area contributed by atoms with E-state index in [4.69, 9.17) is 4.74 Å². The molecular formula is C32H48O6. The summed E-state index contributed by atoms with van der Waals surface area (Å²) >= 11 is 0. The van der Waals surface area contributed by atoms with Gasteiger partial charge in [-0.25, -0.2) is 4.79 Å². The van der Waals surface area contributed by atoms with Crippen molar-refractivity contribution in [2.45, 2.75) is 119 Å². The van der Waals surface area contributed by atoms with Crippen LogP contribution in [0.1, 0.15) is 107 Å². The predicted molar refractivity (Wildman–Crippen MR) is 146 cm³/mol. The molecule has 4 aliphatic rings. The Hall–Kier alpha value is -1.95. The fourth-order valence-corrected chi connectivity index (χ4v) is 9.46. The molecule has 4 rings (SSSR count). The Balaban J connectivity index is 1.71. The number of aliphatic hydroxyl groups excluding tert-OH is 1. The van der Waals surface area contributed by atoms with Crippen LogP contribution in [-0.2, 0) is 19.1 Å². The molecule has 2 fully saturated rings. The zero-order chi connectivity index (χ0) is 28.4. The summed E-state index contributed by atoms with van der Waals surface area (Å²) in [6.07, 6.45) is 7.17. The molecule has 0 bridgehead atoms. The summed E-state index contributed by atoms with van der Waals surface area (Å²) in [6, 6.07) is 0. The third kappa shape index (κ3) is 4.20. The van der Waals surface area contributed by atoms with Gasteiger partial charge in [-0.2, -0.15) is 0 Å². The van der Waals surface area contributed by atoms with Crippen LogP contribution < -0.4 is 0 Å². The molecule has 0 radical (unpaired) electrons. The van der Waals surface area contributed by atoms with Crippen LogP contribution in [0, 0.1) is 39.4 Å². The highest BCUT2D eigenvalue weighted by Crippen LogP contribution is 2.72. The first kappa shape index (κ1) is 29.0. The van der Waals surface area contributed by atoms with Gasteiger partial charge in [0.25, 0.3) is 0 Å². The zero-order valence-electron chi connectivity index (χ0n) is 24.6. The van der Waals surface area contributed by atoms with E-state index in [1.807, 2.05) is 0 Å². The molecular weight excluding hydrogens is 480 g/mol. The Morgan fingerprint density at radius 2 is 1.74 bits per heavy atom. The van der Waals surface area contributed by atoms with Crippen molar-refractivity contribution in [2.24, 2.45) is 39.4 Å². The number of ether oxygens (including phenoxy) is 1. The minimum Gasteiger partial charge on any atom is -0.478 e. The molecule has 6 nitrogen and oxygen atoms in total. The topological polar surface area (TPSA) is 101 Å². The van der Waals surface area contributed by atoms with Crippen molar-refractivity contribution in [2.75, 3.05) is 0 Å². The maximum absolute atomic E-state index is 14.0. The van der Waals surface area contributed by atoms with Gasteiger partial charge in [-0.15, -0.1) is 0 Å². The number of Topliss-reactive ketones (excluding diaryl/α,β-unsaturated/α-hetero) is 1. The number of hydrogen-bond acceptors (Lipinski definition) is 5. The Morgan fingerprint density at radius 3 is 2.34 bits per heavy atom. The van der Waals surface area contributed by atoms with Crippen molar-refractivity contribution >= 4 is 17.7 Å². The Morgan fingerprint density at radius 1 is 1.08 bits per heavy atom. The lowest BCUT2D eigenvalue weighted by Gasteiger charge is -2.61. The fraction of sp³-hybridized carbons (Fsp3) is 0.781. The molecule has 0 saturated heterocycles. The number of esters is 1. The van der Waals surface area contributed by atoms with Crippen molar-refractivity contribution < 1.29 is 29.3 Å². The van der Waals surface area contributed by atoms with Gasteiger partial charge >= 0.3 is 11.9 Å². The van der Waals surface area contributed by atoms with Crippen LogP contribution in [0.5, 0.6) is 0 Å². The lowest BCUT2D eigenvalue weighted by atomic mass is 9.43. The maximum Gasteiger partial charge on any atom is 0.330 e. The standard InChI is InChI=1S/C32H48O6/c1-18(28(36)37)9-10-24(38-20(3)33)19(2)21-11-16-32(8)27-22(12-15-31(21,32)7)30(6)14-13-26(35)29(4,5)25(30)17-23(27)34/h9,19,21,24-26,35H,10-17H2,1-8H3,(H,36,37)/b18-9+/t19-,21+,24-,25-,26+,30+,31+,32-/m0/s1. The summed E-state index contributed by atoms with van der Waals surface area (Å²) in [4.78, 5) is 37.4. The zero-order valence-corrected chi connectivity index (χ0v) is 24.6. The minimum atomic E-state index is -0.965. The fourth-order valence-electron chi connectivity index (χ4n) is 9.46. The van der Waals surface area contributed by atoms with Gasteiger partial charge in [0.05, 0.1) is 6.10 Å². The molecule has 0 amide bonds. The molecule has 0 aliphatic heterocycles. The normalized spacial score (nSPS) is 40.1. The van der Waals surface area contributed by atoms with Gasteiger partial charge < -0.3 is 14.9 Å². The van der Waals surface area contributed by atoms with E-state index in [9.17, 15) is 24.6 Å². The highest BCUT2D eigenvalue weighted by molar-refractivity contribution is 5.99. The second kappa shape index (κ2) is 9.60. The first-order valence-corrected chi connectivity index (χ1v) is 14.5. The van der Waals surface area contributed by atoms with E-state index < -0.39 is 12.1 Å². The van der Waals surface area contributed by atoms with Crippen LogP contribution in [0.25, 0.3) is 0 Å². The Bertz CT molecular complexity index is 1080. The molecule has 0 unspecified atom stereocenters. The monoisotopic (exact) mass is 528 g/mol. The van der Waals surface area contributed by atoms with E-state index in [-0.39, 0.29) is 62.8 Å². The van der Waals surface area contributed by atoms with Crippen LogP contribution in [0.3, 0.4) is 0 Å². The molecule has 0 aromatic rings. The largest absolute Gasteiger partial charge is 0.478 e. The van der Waals surface area contributed by atoms with Crippen molar-refractivity contribution in [1.82, 2.24) is 0 Å². The number of aliphatic hydroxyl groups is 1. The number of hydrogen-bond donors (Lipinski definition) is 2. The lowest BCUT2D eigenvalue weighted by molar-refractivity contribution is -0.151. The van der Waals surface area contributed by atoms with Crippen LogP contribution in [0.15, 0.2) is 22.8 Å².